The molecule has 0 amide bonds. The molecule has 0 radical (unpaired) electrons. The van der Waals surface area contributed by atoms with E-state index < -0.39 is 6.43 Å². The van der Waals surface area contributed by atoms with Crippen molar-refractivity contribution in [3.05, 3.63) is 35.7 Å². The fraction of sp³-hybridized carbons (Fsp3) is 0.750. The van der Waals surface area contributed by atoms with Crippen molar-refractivity contribution in [1.82, 2.24) is 4.98 Å². The third-order valence-corrected chi connectivity index (χ3v) is 10.9. The predicted molar refractivity (Wildman–Crippen MR) is 123 cm³/mol. The maximum Gasteiger partial charge on any atom is 0.265 e. The standard InChI is InChI=1S/C28H37F2NO2/c1-17-21-5-4-20-23-7-6-22(18-14-19(25(29)30)16-31-15-18)26(23,2)9-8-24(20)27(21,3)10-11-28(17)32-12-13-33-28/h6,14-17,20-21,23-25H,4-5,7-13H2,1-3H3/t17?,20-,21?,23-,24-,26+,27-/m0/s1. The lowest BCUT2D eigenvalue weighted by atomic mass is 9.43. The van der Waals surface area contributed by atoms with E-state index in [1.165, 1.54) is 37.5 Å². The van der Waals surface area contributed by atoms with Gasteiger partial charge in [0.05, 0.1) is 13.2 Å². The summed E-state index contributed by atoms with van der Waals surface area (Å²) in [5, 5.41) is 0. The third-order valence-electron chi connectivity index (χ3n) is 10.9. The molecule has 7 atom stereocenters. The van der Waals surface area contributed by atoms with Gasteiger partial charge in [0.15, 0.2) is 5.79 Å². The Balaban J connectivity index is 1.27. The van der Waals surface area contributed by atoms with Crippen molar-refractivity contribution in [2.24, 2.45) is 40.4 Å². The molecule has 3 nitrogen and oxygen atoms in total. The molecule has 1 aromatic rings. The lowest BCUT2D eigenvalue weighted by molar-refractivity contribution is -0.262. The molecule has 6 rings (SSSR count). The smallest absolute Gasteiger partial charge is 0.265 e. The molecule has 5 aliphatic rings. The maximum atomic E-state index is 13.3. The van der Waals surface area contributed by atoms with Crippen molar-refractivity contribution >= 4 is 5.57 Å². The molecule has 4 aliphatic carbocycles. The summed E-state index contributed by atoms with van der Waals surface area (Å²) in [4.78, 5) is 4.16. The largest absolute Gasteiger partial charge is 0.347 e. The highest BCUT2D eigenvalue weighted by molar-refractivity contribution is 5.72. The fourth-order valence-corrected chi connectivity index (χ4v) is 9.27. The average molecular weight is 458 g/mol. The number of allylic oxidation sites excluding steroid dienone is 2. The van der Waals surface area contributed by atoms with E-state index in [1.54, 1.807) is 12.3 Å². The molecule has 0 bridgehead atoms. The van der Waals surface area contributed by atoms with Crippen LogP contribution in [-0.2, 0) is 9.47 Å². The third kappa shape index (κ3) is 3.07. The Kier molecular flexibility index (Phi) is 5.09. The number of hydrogen-bond acceptors (Lipinski definition) is 3. The van der Waals surface area contributed by atoms with Crippen LogP contribution in [0.4, 0.5) is 8.78 Å². The fourth-order valence-electron chi connectivity index (χ4n) is 9.27. The van der Waals surface area contributed by atoms with Gasteiger partial charge in [-0.15, -0.1) is 0 Å². The van der Waals surface area contributed by atoms with Gasteiger partial charge in [-0.05, 0) is 90.2 Å². The molecule has 0 N–H and O–H groups in total. The highest BCUT2D eigenvalue weighted by Crippen LogP contribution is 2.69. The minimum absolute atomic E-state index is 0.0311. The van der Waals surface area contributed by atoms with E-state index >= 15 is 0 Å². The first-order chi connectivity index (χ1) is 15.8. The number of aromatic nitrogens is 1. The minimum atomic E-state index is -2.47. The number of hydrogen-bond donors (Lipinski definition) is 0. The Morgan fingerprint density at radius 2 is 1.76 bits per heavy atom. The van der Waals surface area contributed by atoms with E-state index in [4.69, 9.17) is 9.47 Å². The molecule has 1 aromatic heterocycles. The Hall–Kier alpha value is -1.33. The van der Waals surface area contributed by atoms with E-state index in [2.05, 4.69) is 31.8 Å². The summed E-state index contributed by atoms with van der Waals surface area (Å²) in [6.07, 6.45) is 11.1. The summed E-state index contributed by atoms with van der Waals surface area (Å²) < 4.78 is 39.1. The molecule has 5 heteroatoms. The second-order valence-corrected chi connectivity index (χ2v) is 12.0. The Morgan fingerprint density at radius 3 is 2.52 bits per heavy atom. The number of alkyl halides is 2. The Morgan fingerprint density at radius 1 is 0.970 bits per heavy atom. The van der Waals surface area contributed by atoms with E-state index in [-0.39, 0.29) is 16.8 Å². The highest BCUT2D eigenvalue weighted by atomic mass is 19.3. The Bertz CT molecular complexity index is 957. The number of ether oxygens (including phenoxy) is 2. The summed E-state index contributed by atoms with van der Waals surface area (Å²) >= 11 is 0. The van der Waals surface area contributed by atoms with Gasteiger partial charge < -0.3 is 9.47 Å². The number of rotatable bonds is 2. The van der Waals surface area contributed by atoms with Gasteiger partial charge >= 0.3 is 0 Å². The van der Waals surface area contributed by atoms with Gasteiger partial charge in [-0.2, -0.15) is 0 Å². The molecule has 4 fully saturated rings. The van der Waals surface area contributed by atoms with E-state index in [0.29, 0.717) is 29.1 Å². The topological polar surface area (TPSA) is 31.4 Å². The summed E-state index contributed by atoms with van der Waals surface area (Å²) in [5.74, 6) is 2.78. The van der Waals surface area contributed by atoms with Crippen LogP contribution in [0.25, 0.3) is 5.57 Å². The van der Waals surface area contributed by atoms with Crippen LogP contribution in [0.15, 0.2) is 24.5 Å². The lowest BCUT2D eigenvalue weighted by Crippen LogP contribution is -2.59. The van der Waals surface area contributed by atoms with E-state index in [9.17, 15) is 8.78 Å². The zero-order valence-electron chi connectivity index (χ0n) is 20.2. The molecular weight excluding hydrogens is 420 g/mol. The molecule has 1 aliphatic heterocycles. The van der Waals surface area contributed by atoms with Gasteiger partial charge in [-0.3, -0.25) is 4.98 Å². The normalized spacial score (nSPS) is 43.8. The Labute approximate surface area is 196 Å². The van der Waals surface area contributed by atoms with Crippen LogP contribution in [0, 0.1) is 40.4 Å². The molecule has 2 heterocycles. The van der Waals surface area contributed by atoms with Gasteiger partial charge in [-0.25, -0.2) is 8.78 Å². The number of halogens is 2. The summed E-state index contributed by atoms with van der Waals surface area (Å²) in [5.41, 5.74) is 2.59. The van der Waals surface area contributed by atoms with E-state index in [0.717, 1.165) is 44.0 Å². The second-order valence-electron chi connectivity index (χ2n) is 12.0. The predicted octanol–water partition coefficient (Wildman–Crippen LogP) is 7.04. The van der Waals surface area contributed by atoms with Gasteiger partial charge in [-0.1, -0.05) is 26.8 Å². The molecule has 180 valence electrons. The minimum Gasteiger partial charge on any atom is -0.347 e. The quantitative estimate of drug-likeness (QED) is 0.477. The molecular formula is C28H37F2NO2. The zero-order chi connectivity index (χ0) is 23.0. The van der Waals surface area contributed by atoms with E-state index in [1.807, 2.05) is 0 Å². The first kappa shape index (κ1) is 22.2. The number of nitrogens with zero attached hydrogens (tertiary/aromatic N) is 1. The first-order valence-corrected chi connectivity index (χ1v) is 13.0. The van der Waals surface area contributed by atoms with Crippen LogP contribution >= 0.6 is 0 Å². The molecule has 0 aromatic carbocycles. The molecule has 33 heavy (non-hydrogen) atoms. The van der Waals surface area contributed by atoms with Crippen LogP contribution in [0.2, 0.25) is 0 Å². The number of pyridine rings is 1. The highest BCUT2D eigenvalue weighted by Gasteiger charge is 2.63. The second kappa shape index (κ2) is 7.58. The van der Waals surface area contributed by atoms with Gasteiger partial charge in [0.25, 0.3) is 6.43 Å². The van der Waals surface area contributed by atoms with Gasteiger partial charge in [0, 0.05) is 30.3 Å². The van der Waals surface area contributed by atoms with Crippen molar-refractivity contribution in [3.63, 3.8) is 0 Å². The van der Waals surface area contributed by atoms with Crippen molar-refractivity contribution < 1.29 is 18.3 Å². The van der Waals surface area contributed by atoms with Crippen molar-refractivity contribution in [2.45, 2.75) is 77.9 Å². The van der Waals surface area contributed by atoms with Crippen LogP contribution in [0.3, 0.4) is 0 Å². The maximum absolute atomic E-state index is 13.3. The van der Waals surface area contributed by atoms with Crippen molar-refractivity contribution in [2.75, 3.05) is 13.2 Å². The number of fused-ring (bicyclic) bond motifs is 5. The van der Waals surface area contributed by atoms with Crippen LogP contribution in [0.1, 0.15) is 83.3 Å². The molecule has 1 saturated heterocycles. The van der Waals surface area contributed by atoms with Crippen LogP contribution in [0.5, 0.6) is 0 Å². The van der Waals surface area contributed by atoms with Crippen LogP contribution in [-0.4, -0.2) is 24.0 Å². The summed E-state index contributed by atoms with van der Waals surface area (Å²) in [6, 6.07) is 1.67. The molecule has 1 spiro atoms. The van der Waals surface area contributed by atoms with Gasteiger partial charge in [0.2, 0.25) is 0 Å². The van der Waals surface area contributed by atoms with Crippen LogP contribution < -0.4 is 0 Å². The monoisotopic (exact) mass is 457 g/mol. The zero-order valence-corrected chi connectivity index (χ0v) is 20.2. The lowest BCUT2D eigenvalue weighted by Gasteiger charge is -2.63. The molecule has 3 saturated carbocycles. The molecule has 2 unspecified atom stereocenters. The average Bonchev–Trinajstić information content (AvgIpc) is 3.42. The van der Waals surface area contributed by atoms with Crippen molar-refractivity contribution in [1.29, 1.82) is 0 Å². The summed E-state index contributed by atoms with van der Waals surface area (Å²) in [6.45, 7) is 8.80. The first-order valence-electron chi connectivity index (χ1n) is 13.0. The van der Waals surface area contributed by atoms with Gasteiger partial charge in [0.1, 0.15) is 0 Å². The van der Waals surface area contributed by atoms with Crippen molar-refractivity contribution in [3.8, 4) is 0 Å². The SMILES string of the molecule is CC1C2CC[C@@H]3[C@H](CC[C@]4(C)C(c5cncc(C(F)F)c5)=CC[C@@H]34)[C@@]2(C)CCC12OCCO2. The summed E-state index contributed by atoms with van der Waals surface area (Å²) in [7, 11) is 0.